The van der Waals surface area contributed by atoms with E-state index in [4.69, 9.17) is 0 Å². The molecule has 0 aromatic rings. The molecule has 0 aliphatic rings. The van der Waals surface area contributed by atoms with E-state index in [1.165, 1.54) is 0 Å². The van der Waals surface area contributed by atoms with Crippen LogP contribution in [0.3, 0.4) is 0 Å². The number of halogens is 1. The first-order valence-electron chi connectivity index (χ1n) is 4.37. The Bertz CT molecular complexity index is 145. The average Bonchev–Trinajstić information content (AvgIpc) is 1.98. The molecule has 0 rings (SSSR count). The minimum absolute atomic E-state index is 0.0590. The van der Waals surface area contributed by atoms with Crippen LogP contribution in [0.4, 0.5) is 0 Å². The van der Waals surface area contributed by atoms with E-state index >= 15 is 0 Å². The number of nitrogens with one attached hydrogen (secondary N) is 1. The van der Waals surface area contributed by atoms with Gasteiger partial charge in [-0.3, -0.25) is 4.79 Å². The zero-order valence-corrected chi connectivity index (χ0v) is 9.81. The summed E-state index contributed by atoms with van der Waals surface area (Å²) in [5.74, 6) is 0.955. The predicted octanol–water partition coefficient (Wildman–Crippen LogP) is 2.18. The molecule has 1 unspecified atom stereocenters. The van der Waals surface area contributed by atoms with Crippen LogP contribution in [0.1, 0.15) is 27.7 Å². The molecular weight excluding hydrogens is 218 g/mol. The second-order valence-electron chi connectivity index (χ2n) is 3.78. The summed E-state index contributed by atoms with van der Waals surface area (Å²) in [5.41, 5.74) is 0. The molecule has 0 spiro atoms. The Morgan fingerprint density at radius 2 is 1.83 bits per heavy atom. The van der Waals surface area contributed by atoms with Crippen LogP contribution in [-0.2, 0) is 4.79 Å². The van der Waals surface area contributed by atoms with Gasteiger partial charge in [0.2, 0.25) is 5.91 Å². The summed E-state index contributed by atoms with van der Waals surface area (Å²) in [7, 11) is 0. The third kappa shape index (κ3) is 4.75. The lowest BCUT2D eigenvalue weighted by Crippen LogP contribution is -2.36. The zero-order valence-electron chi connectivity index (χ0n) is 8.23. The highest BCUT2D eigenvalue weighted by Gasteiger charge is 2.17. The molecule has 0 heterocycles. The zero-order chi connectivity index (χ0) is 9.72. The summed E-state index contributed by atoms with van der Waals surface area (Å²) in [6, 6.07) is 0. The molecule has 12 heavy (non-hydrogen) atoms. The molecule has 0 bridgehead atoms. The maximum absolute atomic E-state index is 11.3. The molecule has 0 saturated carbocycles. The molecular formula is C9H18BrNO. The fraction of sp³-hybridized carbons (Fsp3) is 0.889. The Morgan fingerprint density at radius 1 is 1.33 bits per heavy atom. The number of hydrogen-bond acceptors (Lipinski definition) is 1. The first-order chi connectivity index (χ1) is 5.45. The number of alkyl halides is 1. The van der Waals surface area contributed by atoms with E-state index in [-0.39, 0.29) is 10.7 Å². The van der Waals surface area contributed by atoms with Gasteiger partial charge in [-0.2, -0.15) is 0 Å². The van der Waals surface area contributed by atoms with E-state index in [1.54, 1.807) is 0 Å². The van der Waals surface area contributed by atoms with Gasteiger partial charge in [0.25, 0.3) is 0 Å². The summed E-state index contributed by atoms with van der Waals surface area (Å²) < 4.78 is 0. The topological polar surface area (TPSA) is 29.1 Å². The van der Waals surface area contributed by atoms with Gasteiger partial charge < -0.3 is 5.32 Å². The molecule has 1 N–H and O–H groups in total. The van der Waals surface area contributed by atoms with Gasteiger partial charge in [0.15, 0.2) is 0 Å². The summed E-state index contributed by atoms with van der Waals surface area (Å²) in [6.07, 6.45) is 0. The summed E-state index contributed by atoms with van der Waals surface area (Å²) in [6.45, 7) is 8.97. The maximum Gasteiger partial charge on any atom is 0.234 e. The van der Waals surface area contributed by atoms with Crippen LogP contribution in [-0.4, -0.2) is 17.3 Å². The highest BCUT2D eigenvalue weighted by molar-refractivity contribution is 9.10. The van der Waals surface area contributed by atoms with Gasteiger partial charge in [-0.05, 0) is 11.8 Å². The van der Waals surface area contributed by atoms with Crippen LogP contribution in [0, 0.1) is 11.8 Å². The third-order valence-corrected chi connectivity index (χ3v) is 2.99. The van der Waals surface area contributed by atoms with E-state index in [1.807, 2.05) is 13.8 Å². The average molecular weight is 236 g/mol. The molecule has 0 radical (unpaired) electrons. The molecule has 3 heteroatoms. The molecule has 0 fully saturated rings. The van der Waals surface area contributed by atoms with E-state index < -0.39 is 0 Å². The van der Waals surface area contributed by atoms with Gasteiger partial charge >= 0.3 is 0 Å². The Kier molecular flexibility index (Phi) is 5.55. The van der Waals surface area contributed by atoms with Crippen molar-refractivity contribution in [2.24, 2.45) is 11.8 Å². The second kappa shape index (κ2) is 5.57. The van der Waals surface area contributed by atoms with Crippen LogP contribution >= 0.6 is 15.9 Å². The van der Waals surface area contributed by atoms with Crippen LogP contribution in [0.2, 0.25) is 0 Å². The highest BCUT2D eigenvalue weighted by Crippen LogP contribution is 2.11. The first-order valence-corrected chi connectivity index (χ1v) is 5.28. The van der Waals surface area contributed by atoms with Crippen molar-refractivity contribution >= 4 is 21.8 Å². The molecule has 2 nitrogen and oxygen atoms in total. The molecule has 0 aromatic carbocycles. The summed E-state index contributed by atoms with van der Waals surface area (Å²) in [5, 5.41) is 2.88. The van der Waals surface area contributed by atoms with Crippen LogP contribution in [0.5, 0.6) is 0 Å². The van der Waals surface area contributed by atoms with Crippen molar-refractivity contribution in [1.29, 1.82) is 0 Å². The maximum atomic E-state index is 11.3. The van der Waals surface area contributed by atoms with Gasteiger partial charge in [0.1, 0.15) is 0 Å². The van der Waals surface area contributed by atoms with Gasteiger partial charge in [-0.1, -0.05) is 43.6 Å². The lowest BCUT2D eigenvalue weighted by atomic mass is 10.1. The lowest BCUT2D eigenvalue weighted by Gasteiger charge is -2.14. The van der Waals surface area contributed by atoms with Crippen molar-refractivity contribution in [3.63, 3.8) is 0 Å². The molecule has 1 atom stereocenters. The van der Waals surface area contributed by atoms with E-state index in [0.717, 1.165) is 6.54 Å². The Hall–Kier alpha value is -0.0500. The van der Waals surface area contributed by atoms with E-state index in [0.29, 0.717) is 11.8 Å². The van der Waals surface area contributed by atoms with Crippen LogP contribution < -0.4 is 5.32 Å². The fourth-order valence-corrected chi connectivity index (χ4v) is 0.867. The molecule has 0 aliphatic carbocycles. The second-order valence-corrected chi connectivity index (χ2v) is 4.77. The van der Waals surface area contributed by atoms with Crippen molar-refractivity contribution < 1.29 is 4.79 Å². The van der Waals surface area contributed by atoms with Crippen molar-refractivity contribution in [2.75, 3.05) is 6.54 Å². The largest absolute Gasteiger partial charge is 0.355 e. The highest BCUT2D eigenvalue weighted by atomic mass is 79.9. The van der Waals surface area contributed by atoms with Crippen molar-refractivity contribution in [3.05, 3.63) is 0 Å². The number of carbonyl (C=O) groups is 1. The van der Waals surface area contributed by atoms with Crippen LogP contribution in [0.25, 0.3) is 0 Å². The lowest BCUT2D eigenvalue weighted by molar-refractivity contribution is -0.121. The SMILES string of the molecule is CC(C)CNC(=O)C(Br)C(C)C. The van der Waals surface area contributed by atoms with Crippen molar-refractivity contribution in [2.45, 2.75) is 32.5 Å². The van der Waals surface area contributed by atoms with Crippen molar-refractivity contribution in [3.8, 4) is 0 Å². The normalized spacial score (nSPS) is 13.6. The molecule has 0 saturated heterocycles. The Balaban J connectivity index is 3.72. The Morgan fingerprint density at radius 3 is 2.17 bits per heavy atom. The Labute approximate surface area is 83.2 Å². The summed E-state index contributed by atoms with van der Waals surface area (Å²) >= 11 is 3.35. The monoisotopic (exact) mass is 235 g/mol. The van der Waals surface area contributed by atoms with Gasteiger partial charge in [-0.25, -0.2) is 0 Å². The van der Waals surface area contributed by atoms with Gasteiger partial charge in [0.05, 0.1) is 4.83 Å². The third-order valence-electron chi connectivity index (χ3n) is 1.52. The molecule has 1 amide bonds. The van der Waals surface area contributed by atoms with Crippen LogP contribution in [0.15, 0.2) is 0 Å². The smallest absolute Gasteiger partial charge is 0.234 e. The summed E-state index contributed by atoms with van der Waals surface area (Å²) in [4.78, 5) is 11.3. The van der Waals surface area contributed by atoms with Crippen molar-refractivity contribution in [1.82, 2.24) is 5.32 Å². The molecule has 0 aromatic heterocycles. The van der Waals surface area contributed by atoms with Gasteiger partial charge in [0, 0.05) is 6.54 Å². The quantitative estimate of drug-likeness (QED) is 0.745. The van der Waals surface area contributed by atoms with E-state index in [2.05, 4.69) is 35.1 Å². The first kappa shape index (κ1) is 11.9. The molecule has 72 valence electrons. The number of rotatable bonds is 4. The minimum atomic E-state index is -0.0590. The number of hydrogen-bond donors (Lipinski definition) is 1. The minimum Gasteiger partial charge on any atom is -0.355 e. The fourth-order valence-electron chi connectivity index (χ4n) is 0.705. The van der Waals surface area contributed by atoms with E-state index in [9.17, 15) is 4.79 Å². The number of carbonyl (C=O) groups excluding carboxylic acids is 1. The standard InChI is InChI=1S/C9H18BrNO/c1-6(2)5-11-9(12)8(10)7(3)4/h6-8H,5H2,1-4H3,(H,11,12). The van der Waals surface area contributed by atoms with Gasteiger partial charge in [-0.15, -0.1) is 0 Å². The predicted molar refractivity (Wildman–Crippen MR) is 55.4 cm³/mol. The molecule has 0 aliphatic heterocycles. The number of amides is 1.